The van der Waals surface area contributed by atoms with E-state index in [4.69, 9.17) is 33.2 Å². The third kappa shape index (κ3) is 7.02. The molecule has 1 aliphatic rings. The maximum atomic E-state index is 12.6. The quantitative estimate of drug-likeness (QED) is 0.174. The van der Waals surface area contributed by atoms with Crippen molar-refractivity contribution in [3.63, 3.8) is 0 Å². The summed E-state index contributed by atoms with van der Waals surface area (Å²) < 4.78 is 28.5. The van der Waals surface area contributed by atoms with E-state index in [1.165, 1.54) is 11.6 Å². The Morgan fingerprint density at radius 2 is 1.64 bits per heavy atom. The second kappa shape index (κ2) is 12.4. The van der Waals surface area contributed by atoms with Crippen molar-refractivity contribution in [3.05, 3.63) is 68.8 Å². The number of thiophene rings is 1. The number of nitrogens with one attached hydrogen (secondary N) is 3. The lowest BCUT2D eigenvalue weighted by atomic mass is 9.82. The summed E-state index contributed by atoms with van der Waals surface area (Å²) in [4.78, 5) is 9.60. The first-order valence-corrected chi connectivity index (χ1v) is 16.2. The smallest absolute Gasteiger partial charge is 0.242 e. The third-order valence-electron chi connectivity index (χ3n) is 7.22. The predicted molar refractivity (Wildman–Crippen MR) is 162 cm³/mol. The number of hydrogen-bond acceptors (Lipinski definition) is 7. The molecule has 0 atom stereocenters. The minimum atomic E-state index is -3.67. The molecule has 0 spiro atoms. The van der Waals surface area contributed by atoms with Crippen LogP contribution in [0.2, 0.25) is 8.67 Å². The molecule has 5 rings (SSSR count). The van der Waals surface area contributed by atoms with Gasteiger partial charge in [-0.1, -0.05) is 54.4 Å². The zero-order valence-electron chi connectivity index (χ0n) is 21.6. The maximum Gasteiger partial charge on any atom is 0.242 e. The summed E-state index contributed by atoms with van der Waals surface area (Å²) in [7, 11) is -3.67. The van der Waals surface area contributed by atoms with Crippen LogP contribution in [0.25, 0.3) is 10.9 Å². The number of aromatic nitrogens is 2. The Bertz CT molecular complexity index is 1540. The fourth-order valence-corrected chi connectivity index (χ4v) is 8.16. The fraction of sp³-hybridized carbons (Fsp3) is 0.357. The van der Waals surface area contributed by atoms with E-state index in [0.29, 0.717) is 22.7 Å². The number of aryl methyl sites for hydroxylation is 1. The maximum absolute atomic E-state index is 12.6. The van der Waals surface area contributed by atoms with E-state index < -0.39 is 10.0 Å². The number of para-hydroxylation sites is 1. The number of fused-ring (bicyclic) bond motifs is 1. The molecule has 2 aromatic heterocycles. The molecule has 2 heterocycles. The molecule has 206 valence electrons. The van der Waals surface area contributed by atoms with Crippen LogP contribution in [0.1, 0.15) is 38.2 Å². The van der Waals surface area contributed by atoms with Gasteiger partial charge in [-0.15, -0.1) is 11.3 Å². The van der Waals surface area contributed by atoms with Crippen LogP contribution < -0.4 is 15.4 Å². The number of nitrogens with zero attached hydrogens (tertiary/aromatic N) is 2. The van der Waals surface area contributed by atoms with E-state index in [9.17, 15) is 8.42 Å². The van der Waals surface area contributed by atoms with Gasteiger partial charge in [0, 0.05) is 24.2 Å². The van der Waals surface area contributed by atoms with Crippen molar-refractivity contribution in [3.8, 4) is 0 Å². The highest BCUT2D eigenvalue weighted by atomic mass is 35.5. The van der Waals surface area contributed by atoms with Crippen molar-refractivity contribution in [1.82, 2.24) is 14.7 Å². The van der Waals surface area contributed by atoms with Gasteiger partial charge in [0.15, 0.2) is 0 Å². The molecule has 1 fully saturated rings. The van der Waals surface area contributed by atoms with E-state index in [-0.39, 0.29) is 15.1 Å². The molecule has 0 amide bonds. The van der Waals surface area contributed by atoms with Gasteiger partial charge < -0.3 is 10.6 Å². The molecule has 11 heteroatoms. The van der Waals surface area contributed by atoms with Crippen molar-refractivity contribution in [2.45, 2.75) is 43.9 Å². The van der Waals surface area contributed by atoms with Crippen LogP contribution in [0.15, 0.2) is 59.5 Å². The average Bonchev–Trinajstić information content (AvgIpc) is 3.30. The van der Waals surface area contributed by atoms with Crippen molar-refractivity contribution in [2.75, 3.05) is 23.7 Å². The number of anilines is 3. The Hall–Kier alpha value is -2.43. The molecular formula is C28H31Cl2N5O2S2. The molecule has 4 aromatic rings. The van der Waals surface area contributed by atoms with Crippen molar-refractivity contribution >= 4 is 72.9 Å². The van der Waals surface area contributed by atoms with E-state index in [1.54, 1.807) is 0 Å². The molecule has 2 aromatic carbocycles. The molecule has 1 saturated carbocycles. The molecule has 3 N–H and O–H groups in total. The van der Waals surface area contributed by atoms with Crippen LogP contribution in [0.5, 0.6) is 0 Å². The lowest BCUT2D eigenvalue weighted by Gasteiger charge is -2.28. The van der Waals surface area contributed by atoms with Crippen LogP contribution in [0.4, 0.5) is 17.5 Å². The van der Waals surface area contributed by atoms with Crippen LogP contribution >= 0.6 is 34.5 Å². The average molecular weight is 605 g/mol. The Morgan fingerprint density at radius 3 is 2.31 bits per heavy atom. The highest BCUT2D eigenvalue weighted by Gasteiger charge is 2.25. The molecule has 1 aliphatic carbocycles. The van der Waals surface area contributed by atoms with Gasteiger partial charge in [-0.3, -0.25) is 0 Å². The zero-order valence-corrected chi connectivity index (χ0v) is 24.7. The summed E-state index contributed by atoms with van der Waals surface area (Å²) >= 11 is 13.0. The van der Waals surface area contributed by atoms with Crippen molar-refractivity contribution in [2.24, 2.45) is 11.8 Å². The molecule has 7 nitrogen and oxygen atoms in total. The fourth-order valence-electron chi connectivity index (χ4n) is 4.90. The number of benzene rings is 2. The molecule has 0 radical (unpaired) electrons. The Morgan fingerprint density at radius 1 is 0.949 bits per heavy atom. The standard InChI is InChI=1S/C28H31Cl2N5O2S2/c1-2-18-11-13-21(14-12-18)33-27-22-5-3-4-6-23(22)34-28(35-27)31-16-19-7-9-20(10-8-19)17-32-39(36,37)24-15-25(29)38-26(24)30/h3-6,11-15,19-20,32H,2,7-10,16-17H2,1H3,(H2,31,33,34,35). The first-order chi connectivity index (χ1) is 18.8. The van der Waals surface area contributed by atoms with E-state index in [1.807, 2.05) is 24.3 Å². The van der Waals surface area contributed by atoms with Crippen molar-refractivity contribution < 1.29 is 8.42 Å². The number of rotatable bonds is 10. The Kier molecular flexibility index (Phi) is 8.93. The summed E-state index contributed by atoms with van der Waals surface area (Å²) in [6.45, 7) is 3.31. The van der Waals surface area contributed by atoms with E-state index in [0.717, 1.165) is 72.4 Å². The number of halogens is 2. The number of sulfonamides is 1. The van der Waals surface area contributed by atoms with Crippen LogP contribution in [-0.4, -0.2) is 31.5 Å². The van der Waals surface area contributed by atoms with Crippen LogP contribution in [0, 0.1) is 11.8 Å². The van der Waals surface area contributed by atoms with E-state index in [2.05, 4.69) is 46.5 Å². The van der Waals surface area contributed by atoms with Crippen LogP contribution in [-0.2, 0) is 16.4 Å². The van der Waals surface area contributed by atoms with Gasteiger partial charge in [0.25, 0.3) is 0 Å². The zero-order chi connectivity index (χ0) is 27.4. The predicted octanol–water partition coefficient (Wildman–Crippen LogP) is 7.50. The monoisotopic (exact) mass is 603 g/mol. The van der Waals surface area contributed by atoms with Gasteiger partial charge in [-0.05, 0) is 79.8 Å². The second-order valence-corrected chi connectivity index (χ2v) is 13.9. The Labute approximate surface area is 243 Å². The minimum Gasteiger partial charge on any atom is -0.354 e. The topological polar surface area (TPSA) is 96.0 Å². The molecule has 0 unspecified atom stereocenters. The summed E-state index contributed by atoms with van der Waals surface area (Å²) in [5, 5.41) is 7.88. The number of hydrogen-bond donors (Lipinski definition) is 3. The molecule has 0 bridgehead atoms. The SMILES string of the molecule is CCc1ccc(Nc2nc(NCC3CCC(CNS(=O)(=O)c4cc(Cl)sc4Cl)CC3)nc3ccccc23)cc1. The van der Waals surface area contributed by atoms with Gasteiger partial charge in [0.1, 0.15) is 15.0 Å². The molecular weight excluding hydrogens is 573 g/mol. The Balaban J connectivity index is 1.17. The van der Waals surface area contributed by atoms with Gasteiger partial charge in [-0.2, -0.15) is 4.98 Å². The minimum absolute atomic E-state index is 0.0549. The first-order valence-electron chi connectivity index (χ1n) is 13.1. The third-order valence-corrected chi connectivity index (χ3v) is 10.4. The van der Waals surface area contributed by atoms with Crippen LogP contribution in [0.3, 0.4) is 0 Å². The second-order valence-electron chi connectivity index (χ2n) is 9.90. The lowest BCUT2D eigenvalue weighted by Crippen LogP contribution is -2.32. The molecule has 0 aliphatic heterocycles. The van der Waals surface area contributed by atoms with Gasteiger partial charge in [0.2, 0.25) is 16.0 Å². The van der Waals surface area contributed by atoms with Gasteiger partial charge in [0.05, 0.1) is 9.85 Å². The summed E-state index contributed by atoms with van der Waals surface area (Å²) in [5.41, 5.74) is 3.16. The lowest BCUT2D eigenvalue weighted by molar-refractivity contribution is 0.284. The van der Waals surface area contributed by atoms with Gasteiger partial charge >= 0.3 is 0 Å². The van der Waals surface area contributed by atoms with E-state index >= 15 is 0 Å². The van der Waals surface area contributed by atoms with Crippen molar-refractivity contribution in [1.29, 1.82) is 0 Å². The summed E-state index contributed by atoms with van der Waals surface area (Å²) in [6, 6.07) is 17.8. The summed E-state index contributed by atoms with van der Waals surface area (Å²) in [6.07, 6.45) is 4.92. The largest absolute Gasteiger partial charge is 0.354 e. The molecule has 39 heavy (non-hydrogen) atoms. The highest BCUT2D eigenvalue weighted by Crippen LogP contribution is 2.35. The van der Waals surface area contributed by atoms with Gasteiger partial charge in [-0.25, -0.2) is 18.1 Å². The highest BCUT2D eigenvalue weighted by molar-refractivity contribution is 7.89. The normalized spacial score (nSPS) is 17.8. The summed E-state index contributed by atoms with van der Waals surface area (Å²) in [5.74, 6) is 2.13. The first kappa shape index (κ1) is 28.1. The molecule has 0 saturated heterocycles.